The van der Waals surface area contributed by atoms with E-state index in [9.17, 15) is 4.79 Å². The molecule has 1 saturated carbocycles. The molecule has 2 aliphatic heterocycles. The van der Waals surface area contributed by atoms with Gasteiger partial charge in [-0.2, -0.15) is 0 Å². The predicted octanol–water partition coefficient (Wildman–Crippen LogP) is 1.83. The standard InChI is InChI=1S/C22H28N6O2/c1-26(2)22(17-6-4-3-5-7-17)14-21(15-22)16-28(20(29)25-21)18-12-23-19(24-13-18)27-8-10-30-11-9-27/h3-7,12-13H,8-11,14-16H2,1-2H3,(H,25,29)/t21-,22+. The number of aromatic nitrogens is 2. The van der Waals surface area contributed by atoms with Crippen LogP contribution < -0.4 is 15.1 Å². The van der Waals surface area contributed by atoms with Gasteiger partial charge in [-0.15, -0.1) is 0 Å². The summed E-state index contributed by atoms with van der Waals surface area (Å²) in [5, 5.41) is 3.25. The van der Waals surface area contributed by atoms with Crippen LogP contribution in [0.2, 0.25) is 0 Å². The van der Waals surface area contributed by atoms with Crippen molar-refractivity contribution in [1.82, 2.24) is 20.2 Å². The smallest absolute Gasteiger partial charge is 0.322 e. The van der Waals surface area contributed by atoms with Gasteiger partial charge in [0.25, 0.3) is 0 Å². The molecule has 3 aliphatic rings. The zero-order chi connectivity index (χ0) is 20.8. The molecular weight excluding hydrogens is 380 g/mol. The molecule has 8 nitrogen and oxygen atoms in total. The topological polar surface area (TPSA) is 73.8 Å². The highest BCUT2D eigenvalue weighted by molar-refractivity contribution is 5.95. The molecule has 3 fully saturated rings. The van der Waals surface area contributed by atoms with E-state index in [4.69, 9.17) is 4.74 Å². The molecule has 1 spiro atoms. The van der Waals surface area contributed by atoms with Crippen molar-refractivity contribution in [2.75, 3.05) is 56.7 Å². The summed E-state index contributed by atoms with van der Waals surface area (Å²) in [7, 11) is 4.24. The molecule has 1 aromatic carbocycles. The van der Waals surface area contributed by atoms with Gasteiger partial charge in [0.15, 0.2) is 0 Å². The summed E-state index contributed by atoms with van der Waals surface area (Å²) in [5.74, 6) is 0.690. The molecule has 0 bridgehead atoms. The van der Waals surface area contributed by atoms with Gasteiger partial charge in [0.1, 0.15) is 0 Å². The molecule has 2 aromatic rings. The number of rotatable bonds is 4. The molecular formula is C22H28N6O2. The van der Waals surface area contributed by atoms with E-state index in [1.165, 1.54) is 5.56 Å². The van der Waals surface area contributed by atoms with Gasteiger partial charge in [0.05, 0.1) is 48.9 Å². The Hall–Kier alpha value is -2.71. The molecule has 3 heterocycles. The molecule has 0 radical (unpaired) electrons. The van der Waals surface area contributed by atoms with Crippen LogP contribution in [0.4, 0.5) is 16.4 Å². The van der Waals surface area contributed by atoms with E-state index in [0.29, 0.717) is 25.7 Å². The first-order chi connectivity index (χ1) is 14.5. The minimum Gasteiger partial charge on any atom is -0.378 e. The number of nitrogens with one attached hydrogen (secondary N) is 1. The Balaban J connectivity index is 1.32. The minimum absolute atomic E-state index is 0.0543. The number of hydrogen-bond donors (Lipinski definition) is 1. The van der Waals surface area contributed by atoms with Crippen molar-refractivity contribution in [3.63, 3.8) is 0 Å². The molecule has 30 heavy (non-hydrogen) atoms. The van der Waals surface area contributed by atoms with Gasteiger partial charge in [-0.25, -0.2) is 14.8 Å². The van der Waals surface area contributed by atoms with E-state index < -0.39 is 0 Å². The highest BCUT2D eigenvalue weighted by Gasteiger charge is 2.61. The first-order valence-corrected chi connectivity index (χ1v) is 10.5. The molecule has 1 aromatic heterocycles. The predicted molar refractivity (Wildman–Crippen MR) is 115 cm³/mol. The van der Waals surface area contributed by atoms with Gasteiger partial charge in [0.2, 0.25) is 5.95 Å². The van der Waals surface area contributed by atoms with Gasteiger partial charge in [0, 0.05) is 13.1 Å². The Morgan fingerprint density at radius 3 is 2.37 bits per heavy atom. The molecule has 158 valence electrons. The van der Waals surface area contributed by atoms with Crippen molar-refractivity contribution < 1.29 is 9.53 Å². The van der Waals surface area contributed by atoms with Crippen LogP contribution in [0.15, 0.2) is 42.7 Å². The summed E-state index contributed by atoms with van der Waals surface area (Å²) in [4.78, 5) is 28.0. The van der Waals surface area contributed by atoms with Crippen LogP contribution in [0.25, 0.3) is 0 Å². The number of ether oxygens (including phenoxy) is 1. The Kier molecular flexibility index (Phi) is 4.63. The van der Waals surface area contributed by atoms with Crippen LogP contribution >= 0.6 is 0 Å². The summed E-state index contributed by atoms with van der Waals surface area (Å²) < 4.78 is 5.39. The maximum Gasteiger partial charge on any atom is 0.322 e. The fourth-order valence-electron chi connectivity index (χ4n) is 5.09. The molecule has 0 atom stereocenters. The second-order valence-electron chi connectivity index (χ2n) is 8.78. The number of urea groups is 1. The van der Waals surface area contributed by atoms with Gasteiger partial charge in [-0.3, -0.25) is 9.80 Å². The van der Waals surface area contributed by atoms with Crippen molar-refractivity contribution in [2.24, 2.45) is 0 Å². The number of amides is 2. The van der Waals surface area contributed by atoms with E-state index >= 15 is 0 Å². The van der Waals surface area contributed by atoms with Crippen molar-refractivity contribution in [3.05, 3.63) is 48.3 Å². The van der Waals surface area contributed by atoms with Gasteiger partial charge in [-0.1, -0.05) is 30.3 Å². The minimum atomic E-state index is -0.222. The third-order valence-electron chi connectivity index (χ3n) is 6.74. The van der Waals surface area contributed by atoms with Crippen molar-refractivity contribution in [1.29, 1.82) is 0 Å². The maximum atomic E-state index is 12.8. The van der Waals surface area contributed by atoms with E-state index in [2.05, 4.69) is 63.4 Å². The number of carbonyl (C=O) groups is 1. The number of benzene rings is 1. The van der Waals surface area contributed by atoms with Crippen LogP contribution in [0.3, 0.4) is 0 Å². The van der Waals surface area contributed by atoms with Crippen LogP contribution in [-0.4, -0.2) is 73.4 Å². The summed E-state index contributed by atoms with van der Waals surface area (Å²) in [5.41, 5.74) is 1.76. The van der Waals surface area contributed by atoms with Crippen LogP contribution in [-0.2, 0) is 10.3 Å². The third-order valence-corrected chi connectivity index (χ3v) is 6.74. The van der Waals surface area contributed by atoms with Crippen LogP contribution in [0.5, 0.6) is 0 Å². The fourth-order valence-corrected chi connectivity index (χ4v) is 5.09. The number of anilines is 2. The summed E-state index contributed by atoms with van der Waals surface area (Å²) in [6.07, 6.45) is 5.27. The SMILES string of the molecule is CN(C)[C@]1(c2ccccc2)C[C@@]2(CN(c3cnc(N4CCOCC4)nc3)C(=O)N2)C1. The monoisotopic (exact) mass is 408 g/mol. The highest BCUT2D eigenvalue weighted by atomic mass is 16.5. The first kappa shape index (κ1) is 19.3. The maximum absolute atomic E-state index is 12.8. The second-order valence-corrected chi connectivity index (χ2v) is 8.78. The van der Waals surface area contributed by atoms with Gasteiger partial charge >= 0.3 is 6.03 Å². The second kappa shape index (κ2) is 7.21. The van der Waals surface area contributed by atoms with Crippen molar-refractivity contribution >= 4 is 17.7 Å². The molecule has 1 aliphatic carbocycles. The van der Waals surface area contributed by atoms with Crippen molar-refractivity contribution in [3.8, 4) is 0 Å². The lowest BCUT2D eigenvalue weighted by atomic mass is 9.59. The average molecular weight is 409 g/mol. The quantitative estimate of drug-likeness (QED) is 0.832. The fraction of sp³-hybridized carbons (Fsp3) is 0.500. The first-order valence-electron chi connectivity index (χ1n) is 10.5. The summed E-state index contributed by atoms with van der Waals surface area (Å²) >= 11 is 0. The number of carbonyl (C=O) groups excluding carboxylic acids is 1. The van der Waals surface area contributed by atoms with Crippen molar-refractivity contribution in [2.45, 2.75) is 23.9 Å². The molecule has 0 unspecified atom stereocenters. The molecule has 2 amide bonds. The zero-order valence-electron chi connectivity index (χ0n) is 17.5. The Bertz CT molecular complexity index is 905. The number of morpholine rings is 1. The van der Waals surface area contributed by atoms with E-state index in [-0.39, 0.29) is 17.1 Å². The molecule has 1 N–H and O–H groups in total. The largest absolute Gasteiger partial charge is 0.378 e. The Morgan fingerprint density at radius 1 is 1.07 bits per heavy atom. The summed E-state index contributed by atoms with van der Waals surface area (Å²) in [6.45, 7) is 3.60. The lowest BCUT2D eigenvalue weighted by Gasteiger charge is -2.57. The van der Waals surface area contributed by atoms with Crippen LogP contribution in [0, 0.1) is 0 Å². The third kappa shape index (κ3) is 3.11. The number of hydrogen-bond acceptors (Lipinski definition) is 6. The van der Waals surface area contributed by atoms with Crippen LogP contribution in [0.1, 0.15) is 18.4 Å². The highest BCUT2D eigenvalue weighted by Crippen LogP contribution is 2.53. The van der Waals surface area contributed by atoms with Gasteiger partial charge in [-0.05, 0) is 32.5 Å². The molecule has 2 saturated heterocycles. The normalized spacial score (nSPS) is 28.7. The lowest BCUT2D eigenvalue weighted by molar-refractivity contribution is -0.0169. The number of nitrogens with zero attached hydrogens (tertiary/aromatic N) is 5. The Labute approximate surface area is 176 Å². The van der Waals surface area contributed by atoms with E-state index in [1.54, 1.807) is 17.3 Å². The van der Waals surface area contributed by atoms with E-state index in [0.717, 1.165) is 31.6 Å². The Morgan fingerprint density at radius 2 is 1.73 bits per heavy atom. The molecule has 5 rings (SSSR count). The molecule has 8 heteroatoms. The van der Waals surface area contributed by atoms with E-state index in [1.807, 2.05) is 6.07 Å². The van der Waals surface area contributed by atoms with Gasteiger partial charge < -0.3 is 15.0 Å². The lowest BCUT2D eigenvalue weighted by Crippen LogP contribution is -2.66. The average Bonchev–Trinajstić information content (AvgIpc) is 3.11. The summed E-state index contributed by atoms with van der Waals surface area (Å²) in [6, 6.07) is 10.5. The zero-order valence-corrected chi connectivity index (χ0v) is 17.5.